The minimum Gasteiger partial charge on any atom is -0.481 e. The van der Waals surface area contributed by atoms with E-state index in [1.165, 1.54) is 6.07 Å². The topological polar surface area (TPSA) is 110 Å². The van der Waals surface area contributed by atoms with Gasteiger partial charge in [0.05, 0.1) is 5.56 Å². The van der Waals surface area contributed by atoms with Crippen molar-refractivity contribution in [3.05, 3.63) is 29.3 Å². The molecule has 0 heterocycles. The van der Waals surface area contributed by atoms with Crippen LogP contribution in [0.1, 0.15) is 17.5 Å². The van der Waals surface area contributed by atoms with Gasteiger partial charge in [-0.15, -0.1) is 0 Å². The highest BCUT2D eigenvalue weighted by Crippen LogP contribution is 2.46. The molecule has 0 aliphatic rings. The molecular formula is C13H17F3NO5P. The molecule has 0 fully saturated rings. The molecule has 0 amide bonds. The molecule has 0 spiro atoms. The van der Waals surface area contributed by atoms with Crippen molar-refractivity contribution in [2.45, 2.75) is 18.8 Å². The van der Waals surface area contributed by atoms with Gasteiger partial charge >= 0.3 is 12.1 Å². The molecule has 0 bridgehead atoms. The fourth-order valence-electron chi connectivity index (χ4n) is 1.87. The van der Waals surface area contributed by atoms with Crippen LogP contribution in [0.25, 0.3) is 0 Å². The van der Waals surface area contributed by atoms with Gasteiger partial charge in [-0.25, -0.2) is 4.79 Å². The Bertz CT molecular complexity index is 606. The molecule has 1 atom stereocenters. The van der Waals surface area contributed by atoms with Crippen molar-refractivity contribution >= 4 is 13.3 Å². The number of carbonyl (C=O) groups is 1. The van der Waals surface area contributed by atoms with Crippen LogP contribution in [0.4, 0.5) is 13.2 Å². The van der Waals surface area contributed by atoms with Crippen molar-refractivity contribution in [2.75, 3.05) is 19.3 Å². The van der Waals surface area contributed by atoms with E-state index >= 15 is 0 Å². The van der Waals surface area contributed by atoms with E-state index in [1.807, 2.05) is 0 Å². The molecule has 23 heavy (non-hydrogen) atoms. The van der Waals surface area contributed by atoms with E-state index < -0.39 is 43.6 Å². The van der Waals surface area contributed by atoms with Crippen LogP contribution < -0.4 is 10.5 Å². The summed E-state index contributed by atoms with van der Waals surface area (Å²) in [6, 6.07) is 2.85. The number of hydrogen-bond acceptors (Lipinski definition) is 4. The van der Waals surface area contributed by atoms with Crippen molar-refractivity contribution in [3.8, 4) is 5.75 Å². The third kappa shape index (κ3) is 6.60. The molecule has 10 heteroatoms. The number of rotatable bonds is 8. The minimum absolute atomic E-state index is 0.0165. The maximum Gasteiger partial charge on any atom is 0.419 e. The Kier molecular flexibility index (Phi) is 6.61. The summed E-state index contributed by atoms with van der Waals surface area (Å²) in [6.07, 6.45) is -4.99. The van der Waals surface area contributed by atoms with Gasteiger partial charge in [-0.1, -0.05) is 6.07 Å². The van der Waals surface area contributed by atoms with Gasteiger partial charge in [0.1, 0.15) is 5.75 Å². The van der Waals surface area contributed by atoms with E-state index in [9.17, 15) is 27.4 Å². The van der Waals surface area contributed by atoms with Crippen LogP contribution in [0, 0.1) is 0 Å². The molecule has 130 valence electrons. The molecule has 0 saturated heterocycles. The van der Waals surface area contributed by atoms with Crippen molar-refractivity contribution in [1.82, 2.24) is 0 Å². The van der Waals surface area contributed by atoms with E-state index in [-0.39, 0.29) is 18.3 Å². The summed E-state index contributed by atoms with van der Waals surface area (Å²) in [5.74, 6) is -2.05. The van der Waals surface area contributed by atoms with Crippen molar-refractivity contribution in [1.29, 1.82) is 0 Å². The number of carboxylic acids is 1. The second-order valence-electron chi connectivity index (χ2n) is 4.88. The molecule has 0 radical (unpaired) electrons. The summed E-state index contributed by atoms with van der Waals surface area (Å²) in [7, 11) is -3.63. The SMILES string of the molecule is NCCCP(=O)(O)Cc1ccc(OCC(=O)O)c(C(F)(F)F)c1. The second-order valence-corrected chi connectivity index (χ2v) is 7.34. The van der Waals surface area contributed by atoms with Crippen LogP contribution in [0.5, 0.6) is 5.75 Å². The zero-order valence-corrected chi connectivity index (χ0v) is 12.9. The molecule has 1 aromatic rings. The number of aliphatic carboxylic acids is 1. The van der Waals surface area contributed by atoms with Gasteiger partial charge in [0.25, 0.3) is 0 Å². The minimum atomic E-state index is -4.78. The Labute approximate surface area is 130 Å². The van der Waals surface area contributed by atoms with Gasteiger partial charge in [-0.3, -0.25) is 4.57 Å². The first-order chi connectivity index (χ1) is 10.5. The maximum absolute atomic E-state index is 13.0. The molecule has 1 rings (SSSR count). The number of halogens is 3. The maximum atomic E-state index is 13.0. The average Bonchev–Trinajstić information content (AvgIpc) is 2.42. The molecular weight excluding hydrogens is 338 g/mol. The van der Waals surface area contributed by atoms with E-state index in [2.05, 4.69) is 4.74 Å². The highest BCUT2D eigenvalue weighted by molar-refractivity contribution is 7.57. The van der Waals surface area contributed by atoms with Crippen molar-refractivity contribution < 1.29 is 37.3 Å². The molecule has 0 aliphatic carbocycles. The summed E-state index contributed by atoms with van der Waals surface area (Å²) >= 11 is 0. The smallest absolute Gasteiger partial charge is 0.419 e. The molecule has 0 aliphatic heterocycles. The first kappa shape index (κ1) is 19.5. The van der Waals surface area contributed by atoms with E-state index in [4.69, 9.17) is 10.8 Å². The van der Waals surface area contributed by atoms with Crippen LogP contribution in [0.3, 0.4) is 0 Å². The Morgan fingerprint density at radius 2 is 2.00 bits per heavy atom. The van der Waals surface area contributed by atoms with Gasteiger partial charge in [-0.2, -0.15) is 13.2 Å². The van der Waals surface area contributed by atoms with Crippen LogP contribution in [-0.2, 0) is 21.7 Å². The number of alkyl halides is 3. The molecule has 4 N–H and O–H groups in total. The first-order valence-corrected chi connectivity index (χ1v) is 8.64. The van der Waals surface area contributed by atoms with E-state index in [0.29, 0.717) is 12.5 Å². The van der Waals surface area contributed by atoms with Gasteiger partial charge in [0, 0.05) is 12.3 Å². The van der Waals surface area contributed by atoms with Crippen LogP contribution in [0.15, 0.2) is 18.2 Å². The highest BCUT2D eigenvalue weighted by atomic mass is 31.2. The van der Waals surface area contributed by atoms with Gasteiger partial charge in [0.15, 0.2) is 6.61 Å². The number of ether oxygens (including phenoxy) is 1. The zero-order chi connectivity index (χ0) is 17.7. The Morgan fingerprint density at radius 1 is 1.35 bits per heavy atom. The largest absolute Gasteiger partial charge is 0.481 e. The number of hydrogen-bond donors (Lipinski definition) is 3. The molecule has 0 saturated carbocycles. The average molecular weight is 355 g/mol. The number of carboxylic acid groups (broad SMARTS) is 1. The third-order valence-corrected chi connectivity index (χ3v) is 4.72. The van der Waals surface area contributed by atoms with Gasteiger partial charge in [-0.05, 0) is 30.7 Å². The predicted octanol–water partition coefficient (Wildman–Crippen LogP) is 2.29. The lowest BCUT2D eigenvalue weighted by molar-refractivity contribution is -0.143. The summed E-state index contributed by atoms with van der Waals surface area (Å²) in [5, 5.41) is 8.47. The quantitative estimate of drug-likeness (QED) is 0.617. The number of benzene rings is 1. The predicted molar refractivity (Wildman–Crippen MR) is 76.6 cm³/mol. The van der Waals surface area contributed by atoms with Crippen molar-refractivity contribution in [3.63, 3.8) is 0 Å². The molecule has 6 nitrogen and oxygen atoms in total. The third-order valence-electron chi connectivity index (χ3n) is 2.84. The lowest BCUT2D eigenvalue weighted by atomic mass is 10.1. The molecule has 1 unspecified atom stereocenters. The number of nitrogens with two attached hydrogens (primary N) is 1. The summed E-state index contributed by atoms with van der Waals surface area (Å²) in [5.41, 5.74) is 4.07. The molecule has 0 aromatic heterocycles. The lowest BCUT2D eigenvalue weighted by Crippen LogP contribution is -2.14. The highest BCUT2D eigenvalue weighted by Gasteiger charge is 2.35. The normalized spacial score (nSPS) is 14.3. The van der Waals surface area contributed by atoms with Gasteiger partial charge < -0.3 is 20.5 Å². The summed E-state index contributed by atoms with van der Waals surface area (Å²) in [6.45, 7) is -0.711. The second kappa shape index (κ2) is 7.81. The summed E-state index contributed by atoms with van der Waals surface area (Å²) in [4.78, 5) is 20.2. The van der Waals surface area contributed by atoms with Gasteiger partial charge in [0.2, 0.25) is 7.37 Å². The van der Waals surface area contributed by atoms with E-state index in [1.54, 1.807) is 0 Å². The van der Waals surface area contributed by atoms with Crippen LogP contribution in [-0.4, -0.2) is 35.3 Å². The Morgan fingerprint density at radius 3 is 2.52 bits per heavy atom. The monoisotopic (exact) mass is 355 g/mol. The lowest BCUT2D eigenvalue weighted by Gasteiger charge is -2.16. The summed E-state index contributed by atoms with van der Waals surface area (Å²) < 4.78 is 55.6. The van der Waals surface area contributed by atoms with Crippen molar-refractivity contribution in [2.24, 2.45) is 5.73 Å². The van der Waals surface area contributed by atoms with E-state index in [0.717, 1.165) is 6.07 Å². The fraction of sp³-hybridized carbons (Fsp3) is 0.462. The standard InChI is InChI=1S/C13H17F3NO5P/c14-13(15,16)10-6-9(8-23(20,21)5-1-4-17)2-3-11(10)22-7-12(18)19/h2-3,6H,1,4-5,7-8,17H2,(H,18,19)(H,20,21). The first-order valence-electron chi connectivity index (χ1n) is 6.61. The van der Waals surface area contributed by atoms with Crippen LogP contribution in [0.2, 0.25) is 0 Å². The Balaban J connectivity index is 3.04. The van der Waals surface area contributed by atoms with Crippen LogP contribution >= 0.6 is 7.37 Å². The Hall–Kier alpha value is -1.57. The zero-order valence-electron chi connectivity index (χ0n) is 12.0. The molecule has 1 aromatic carbocycles. The fourth-order valence-corrected chi connectivity index (χ4v) is 3.47.